The summed E-state index contributed by atoms with van der Waals surface area (Å²) in [6.45, 7) is 5.09. The molecule has 3 aromatic rings. The molecule has 0 saturated carbocycles. The Bertz CT molecular complexity index is 730. The maximum absolute atomic E-state index is 4.52. The minimum atomic E-state index is 0.449. The van der Waals surface area contributed by atoms with Crippen molar-refractivity contribution in [2.24, 2.45) is 7.05 Å². The van der Waals surface area contributed by atoms with Crippen LogP contribution in [0.5, 0.6) is 0 Å². The minimum Gasteiger partial charge on any atom is -0.310 e. The lowest BCUT2D eigenvalue weighted by molar-refractivity contribution is 0.545. The second-order valence-corrected chi connectivity index (χ2v) is 6.32. The van der Waals surface area contributed by atoms with Crippen LogP contribution in [0.3, 0.4) is 0 Å². The standard InChI is InChI=1S/C16H20N4S/c1-11(6-13-4-5-21-10-13)17-8-14-7-15-12(2)19-20(3)16(15)18-9-14/h4-5,7,9-11,17H,6,8H2,1-3H3. The summed E-state index contributed by atoms with van der Waals surface area (Å²) in [7, 11) is 1.93. The number of aromatic nitrogens is 3. The summed E-state index contributed by atoms with van der Waals surface area (Å²) in [6, 6.07) is 4.83. The van der Waals surface area contributed by atoms with Crippen LogP contribution in [-0.2, 0) is 20.0 Å². The van der Waals surface area contributed by atoms with Crippen LogP contribution in [0.4, 0.5) is 0 Å². The lowest BCUT2D eigenvalue weighted by Crippen LogP contribution is -2.27. The minimum absolute atomic E-state index is 0.449. The third kappa shape index (κ3) is 3.14. The Morgan fingerprint density at radius 2 is 2.24 bits per heavy atom. The summed E-state index contributed by atoms with van der Waals surface area (Å²) in [5, 5.41) is 13.5. The molecule has 21 heavy (non-hydrogen) atoms. The summed E-state index contributed by atoms with van der Waals surface area (Å²) >= 11 is 1.75. The van der Waals surface area contributed by atoms with Crippen molar-refractivity contribution in [3.8, 4) is 0 Å². The van der Waals surface area contributed by atoms with E-state index in [1.54, 1.807) is 11.3 Å². The van der Waals surface area contributed by atoms with Gasteiger partial charge in [-0.1, -0.05) is 0 Å². The molecule has 1 N–H and O–H groups in total. The third-order valence-electron chi connectivity index (χ3n) is 3.70. The lowest BCUT2D eigenvalue weighted by Gasteiger charge is -2.13. The molecule has 0 spiro atoms. The van der Waals surface area contributed by atoms with Crippen molar-refractivity contribution in [1.82, 2.24) is 20.1 Å². The number of hydrogen-bond donors (Lipinski definition) is 1. The molecule has 5 heteroatoms. The molecule has 0 aliphatic carbocycles. The van der Waals surface area contributed by atoms with Gasteiger partial charge in [0.2, 0.25) is 0 Å². The van der Waals surface area contributed by atoms with Gasteiger partial charge in [0, 0.05) is 31.2 Å². The molecule has 110 valence electrons. The maximum atomic E-state index is 4.52. The third-order valence-corrected chi connectivity index (χ3v) is 4.43. The van der Waals surface area contributed by atoms with E-state index in [9.17, 15) is 0 Å². The van der Waals surface area contributed by atoms with Crippen molar-refractivity contribution in [2.75, 3.05) is 0 Å². The van der Waals surface area contributed by atoms with Gasteiger partial charge in [-0.15, -0.1) is 0 Å². The van der Waals surface area contributed by atoms with E-state index < -0.39 is 0 Å². The number of pyridine rings is 1. The fraction of sp³-hybridized carbons (Fsp3) is 0.375. The molecule has 0 amide bonds. The first kappa shape index (κ1) is 14.2. The van der Waals surface area contributed by atoms with Gasteiger partial charge >= 0.3 is 0 Å². The molecule has 4 nitrogen and oxygen atoms in total. The number of nitrogens with zero attached hydrogens (tertiary/aromatic N) is 3. The average Bonchev–Trinajstić information content (AvgIpc) is 3.06. The van der Waals surface area contributed by atoms with Gasteiger partial charge in [0.1, 0.15) is 0 Å². The highest BCUT2D eigenvalue weighted by atomic mass is 32.1. The Balaban J connectivity index is 1.66. The van der Waals surface area contributed by atoms with Crippen molar-refractivity contribution >= 4 is 22.4 Å². The van der Waals surface area contributed by atoms with Gasteiger partial charge in [-0.05, 0) is 54.3 Å². The summed E-state index contributed by atoms with van der Waals surface area (Å²) in [4.78, 5) is 4.52. The van der Waals surface area contributed by atoms with Gasteiger partial charge in [-0.3, -0.25) is 4.68 Å². The molecule has 3 heterocycles. The molecule has 1 atom stereocenters. The molecule has 3 aromatic heterocycles. The molecule has 0 bridgehead atoms. The van der Waals surface area contributed by atoms with Crippen LogP contribution in [-0.4, -0.2) is 20.8 Å². The van der Waals surface area contributed by atoms with Crippen LogP contribution in [0.15, 0.2) is 29.1 Å². The second kappa shape index (κ2) is 5.95. The van der Waals surface area contributed by atoms with E-state index in [-0.39, 0.29) is 0 Å². The molecule has 0 radical (unpaired) electrons. The van der Waals surface area contributed by atoms with E-state index in [0.29, 0.717) is 6.04 Å². The Labute approximate surface area is 128 Å². The van der Waals surface area contributed by atoms with Crippen molar-refractivity contribution in [2.45, 2.75) is 32.9 Å². The van der Waals surface area contributed by atoms with Gasteiger partial charge in [0.25, 0.3) is 0 Å². The predicted octanol–water partition coefficient (Wildman–Crippen LogP) is 3.06. The van der Waals surface area contributed by atoms with Gasteiger partial charge in [0.05, 0.1) is 5.69 Å². The fourth-order valence-electron chi connectivity index (χ4n) is 2.57. The van der Waals surface area contributed by atoms with Crippen molar-refractivity contribution < 1.29 is 0 Å². The van der Waals surface area contributed by atoms with Gasteiger partial charge in [0.15, 0.2) is 5.65 Å². The van der Waals surface area contributed by atoms with Crippen molar-refractivity contribution in [3.63, 3.8) is 0 Å². The number of hydrogen-bond acceptors (Lipinski definition) is 4. The first-order chi connectivity index (χ1) is 10.1. The average molecular weight is 300 g/mol. The Morgan fingerprint density at radius 3 is 3.00 bits per heavy atom. The van der Waals surface area contributed by atoms with Crippen LogP contribution < -0.4 is 5.32 Å². The summed E-state index contributed by atoms with van der Waals surface area (Å²) in [5.41, 5.74) is 4.59. The Morgan fingerprint density at radius 1 is 1.38 bits per heavy atom. The smallest absolute Gasteiger partial charge is 0.157 e. The van der Waals surface area contributed by atoms with Gasteiger partial charge in [-0.25, -0.2) is 4.98 Å². The summed E-state index contributed by atoms with van der Waals surface area (Å²) < 4.78 is 1.83. The van der Waals surface area contributed by atoms with Crippen LogP contribution in [0.2, 0.25) is 0 Å². The van der Waals surface area contributed by atoms with Crippen molar-refractivity contribution in [1.29, 1.82) is 0 Å². The quantitative estimate of drug-likeness (QED) is 0.787. The van der Waals surface area contributed by atoms with E-state index in [2.05, 4.69) is 45.2 Å². The van der Waals surface area contributed by atoms with E-state index in [4.69, 9.17) is 0 Å². The van der Waals surface area contributed by atoms with Crippen LogP contribution in [0.1, 0.15) is 23.7 Å². The number of thiophene rings is 1. The van der Waals surface area contributed by atoms with Gasteiger partial charge in [-0.2, -0.15) is 16.4 Å². The van der Waals surface area contributed by atoms with E-state index in [1.807, 2.05) is 24.9 Å². The molecule has 0 aromatic carbocycles. The molecule has 0 aliphatic rings. The lowest BCUT2D eigenvalue weighted by atomic mass is 10.1. The monoisotopic (exact) mass is 300 g/mol. The predicted molar refractivity (Wildman–Crippen MR) is 87.6 cm³/mol. The Kier molecular flexibility index (Phi) is 4.03. The molecule has 1 unspecified atom stereocenters. The largest absolute Gasteiger partial charge is 0.310 e. The topological polar surface area (TPSA) is 42.7 Å². The molecule has 3 rings (SSSR count). The molecule has 0 fully saturated rings. The SMILES string of the molecule is Cc1nn(C)c2ncc(CNC(C)Cc3ccsc3)cc12. The number of aryl methyl sites for hydroxylation is 2. The number of fused-ring (bicyclic) bond motifs is 1. The zero-order valence-corrected chi connectivity index (χ0v) is 13.4. The van der Waals surface area contributed by atoms with Gasteiger partial charge < -0.3 is 5.32 Å². The van der Waals surface area contributed by atoms with E-state index >= 15 is 0 Å². The molecular weight excluding hydrogens is 280 g/mol. The Hall–Kier alpha value is -1.72. The molecule has 0 aliphatic heterocycles. The zero-order chi connectivity index (χ0) is 14.8. The highest BCUT2D eigenvalue weighted by Crippen LogP contribution is 2.16. The second-order valence-electron chi connectivity index (χ2n) is 5.54. The van der Waals surface area contributed by atoms with Crippen LogP contribution in [0, 0.1) is 6.92 Å². The maximum Gasteiger partial charge on any atom is 0.157 e. The normalized spacial score (nSPS) is 12.9. The van der Waals surface area contributed by atoms with E-state index in [1.165, 1.54) is 11.1 Å². The highest BCUT2D eigenvalue weighted by Gasteiger charge is 2.08. The first-order valence-corrected chi connectivity index (χ1v) is 8.10. The van der Waals surface area contributed by atoms with Crippen LogP contribution in [0.25, 0.3) is 11.0 Å². The fourth-order valence-corrected chi connectivity index (χ4v) is 3.26. The van der Waals surface area contributed by atoms with Crippen molar-refractivity contribution in [3.05, 3.63) is 45.9 Å². The molecule has 0 saturated heterocycles. The highest BCUT2D eigenvalue weighted by molar-refractivity contribution is 7.07. The summed E-state index contributed by atoms with van der Waals surface area (Å²) in [5.74, 6) is 0. The first-order valence-electron chi connectivity index (χ1n) is 7.16. The number of rotatable bonds is 5. The van der Waals surface area contributed by atoms with E-state index in [0.717, 1.165) is 29.7 Å². The summed E-state index contributed by atoms with van der Waals surface area (Å²) in [6.07, 6.45) is 3.00. The number of nitrogens with one attached hydrogen (secondary N) is 1. The zero-order valence-electron chi connectivity index (χ0n) is 12.6. The molecular formula is C16H20N4S. The van der Waals surface area contributed by atoms with Crippen LogP contribution >= 0.6 is 11.3 Å².